The van der Waals surface area contributed by atoms with Crippen LogP contribution in [0.5, 0.6) is 0 Å². The minimum atomic E-state index is -0.0251. The highest BCUT2D eigenvalue weighted by atomic mass is 16.5. The Morgan fingerprint density at radius 3 is 3.08 bits per heavy atom. The fraction of sp³-hybridized carbons (Fsp3) is 0.667. The quantitative estimate of drug-likeness (QED) is 0.753. The lowest BCUT2D eigenvalue weighted by Crippen LogP contribution is -2.11. The first-order valence-corrected chi connectivity index (χ1v) is 4.46. The maximum atomic E-state index is 5.44. The number of hydrogen-bond donors (Lipinski definition) is 1. The van der Waals surface area contributed by atoms with E-state index in [9.17, 15) is 0 Å². The van der Waals surface area contributed by atoms with Crippen LogP contribution in [0.1, 0.15) is 31.6 Å². The van der Waals surface area contributed by atoms with Gasteiger partial charge in [0.1, 0.15) is 6.10 Å². The first-order valence-electron chi connectivity index (χ1n) is 4.46. The van der Waals surface area contributed by atoms with Crippen molar-refractivity contribution in [2.45, 2.75) is 26.5 Å². The molecule has 0 bridgehead atoms. The average Bonchev–Trinajstić information content (AvgIpc) is 2.62. The van der Waals surface area contributed by atoms with E-state index < -0.39 is 0 Å². The third kappa shape index (κ3) is 2.82. The molecule has 0 aliphatic heterocycles. The zero-order valence-corrected chi connectivity index (χ0v) is 8.33. The highest BCUT2D eigenvalue weighted by Crippen LogP contribution is 2.16. The van der Waals surface area contributed by atoms with Crippen molar-refractivity contribution in [1.82, 2.24) is 10.3 Å². The topological polar surface area (TPSA) is 47.3 Å². The van der Waals surface area contributed by atoms with Crippen molar-refractivity contribution in [2.24, 2.45) is 0 Å². The molecule has 1 atom stereocenters. The number of hydrogen-bond acceptors (Lipinski definition) is 4. The monoisotopic (exact) mass is 184 g/mol. The van der Waals surface area contributed by atoms with Crippen molar-refractivity contribution >= 4 is 0 Å². The van der Waals surface area contributed by atoms with E-state index in [1.807, 2.05) is 13.8 Å². The summed E-state index contributed by atoms with van der Waals surface area (Å²) in [6.45, 7) is 5.56. The van der Waals surface area contributed by atoms with E-state index in [2.05, 4.69) is 10.3 Å². The summed E-state index contributed by atoms with van der Waals surface area (Å²) in [5, 5.41) is 3.14. The van der Waals surface area contributed by atoms with E-state index in [1.54, 1.807) is 13.3 Å². The summed E-state index contributed by atoms with van der Waals surface area (Å²) in [5.41, 5.74) is 0. The molecule has 1 N–H and O–H groups in total. The summed E-state index contributed by atoms with van der Waals surface area (Å²) in [7, 11) is 1.65. The second-order valence-corrected chi connectivity index (χ2v) is 2.81. The van der Waals surface area contributed by atoms with Gasteiger partial charge in [0, 0.05) is 7.11 Å². The van der Waals surface area contributed by atoms with Gasteiger partial charge >= 0.3 is 0 Å². The van der Waals surface area contributed by atoms with Gasteiger partial charge in [0.15, 0.2) is 5.76 Å². The molecule has 0 fully saturated rings. The summed E-state index contributed by atoms with van der Waals surface area (Å²) >= 11 is 0. The first-order chi connectivity index (χ1) is 6.27. The first kappa shape index (κ1) is 10.2. The number of ether oxygens (including phenoxy) is 1. The van der Waals surface area contributed by atoms with E-state index in [0.29, 0.717) is 12.4 Å². The van der Waals surface area contributed by atoms with Gasteiger partial charge in [-0.15, -0.1) is 0 Å². The van der Waals surface area contributed by atoms with Crippen LogP contribution in [0.25, 0.3) is 0 Å². The average molecular weight is 184 g/mol. The van der Waals surface area contributed by atoms with Gasteiger partial charge in [-0.2, -0.15) is 0 Å². The Balaban J connectivity index is 2.53. The molecule has 0 radical (unpaired) electrons. The third-order valence-electron chi connectivity index (χ3n) is 1.85. The van der Waals surface area contributed by atoms with Gasteiger partial charge in [-0.3, -0.25) is 0 Å². The Bertz CT molecular complexity index is 248. The highest BCUT2D eigenvalue weighted by Gasteiger charge is 2.09. The zero-order chi connectivity index (χ0) is 9.68. The number of nitrogens with zero attached hydrogens (tertiary/aromatic N) is 1. The molecule has 0 aliphatic carbocycles. The Morgan fingerprint density at radius 1 is 1.69 bits per heavy atom. The summed E-state index contributed by atoms with van der Waals surface area (Å²) < 4.78 is 10.5. The molecular formula is C9H16N2O2. The van der Waals surface area contributed by atoms with Gasteiger partial charge < -0.3 is 14.5 Å². The van der Waals surface area contributed by atoms with Crippen LogP contribution in [-0.4, -0.2) is 18.6 Å². The van der Waals surface area contributed by atoms with Crippen LogP contribution in [-0.2, 0) is 11.3 Å². The number of rotatable bonds is 5. The Morgan fingerprint density at radius 2 is 2.46 bits per heavy atom. The number of methoxy groups -OCH3 is 1. The van der Waals surface area contributed by atoms with E-state index >= 15 is 0 Å². The molecule has 1 aromatic rings. The molecule has 0 saturated heterocycles. The zero-order valence-electron chi connectivity index (χ0n) is 8.33. The molecule has 1 unspecified atom stereocenters. The lowest BCUT2D eigenvalue weighted by atomic mass is 10.3. The fourth-order valence-corrected chi connectivity index (χ4v) is 0.942. The predicted octanol–water partition coefficient (Wildman–Crippen LogP) is 1.49. The maximum absolute atomic E-state index is 5.44. The van der Waals surface area contributed by atoms with Gasteiger partial charge in [0.2, 0.25) is 5.89 Å². The normalized spacial score (nSPS) is 13.2. The highest BCUT2D eigenvalue weighted by molar-refractivity contribution is 4.97. The van der Waals surface area contributed by atoms with E-state index in [-0.39, 0.29) is 6.10 Å². The Labute approximate surface area is 78.3 Å². The summed E-state index contributed by atoms with van der Waals surface area (Å²) in [6.07, 6.45) is 1.68. The van der Waals surface area contributed by atoms with E-state index in [0.717, 1.165) is 12.3 Å². The van der Waals surface area contributed by atoms with Gasteiger partial charge in [-0.25, -0.2) is 4.98 Å². The van der Waals surface area contributed by atoms with Crippen LogP contribution in [0.3, 0.4) is 0 Å². The van der Waals surface area contributed by atoms with Crippen LogP contribution in [0.4, 0.5) is 0 Å². The van der Waals surface area contributed by atoms with Crippen LogP contribution < -0.4 is 5.32 Å². The van der Waals surface area contributed by atoms with Crippen molar-refractivity contribution in [3.63, 3.8) is 0 Å². The molecule has 1 aromatic heterocycles. The molecule has 0 aromatic carbocycles. The Kier molecular flexibility index (Phi) is 3.92. The molecule has 74 valence electrons. The second-order valence-electron chi connectivity index (χ2n) is 2.81. The molecule has 13 heavy (non-hydrogen) atoms. The molecule has 4 heteroatoms. The van der Waals surface area contributed by atoms with Crippen LogP contribution in [0.2, 0.25) is 0 Å². The van der Waals surface area contributed by atoms with E-state index in [4.69, 9.17) is 9.15 Å². The molecule has 0 amide bonds. The Hall–Kier alpha value is -0.870. The molecule has 0 saturated carbocycles. The molecule has 1 rings (SSSR count). The molecule has 4 nitrogen and oxygen atoms in total. The van der Waals surface area contributed by atoms with Gasteiger partial charge in [0.25, 0.3) is 0 Å². The fourth-order valence-electron chi connectivity index (χ4n) is 0.942. The molecule has 0 spiro atoms. The second kappa shape index (κ2) is 4.99. The lowest BCUT2D eigenvalue weighted by Gasteiger charge is -2.03. The van der Waals surface area contributed by atoms with Gasteiger partial charge in [-0.1, -0.05) is 6.92 Å². The minimum absolute atomic E-state index is 0.0251. The number of nitrogens with one attached hydrogen (secondary N) is 1. The van der Waals surface area contributed by atoms with Gasteiger partial charge in [0.05, 0.1) is 12.7 Å². The third-order valence-corrected chi connectivity index (χ3v) is 1.85. The summed E-state index contributed by atoms with van der Waals surface area (Å²) in [6, 6.07) is 0. The standard InChI is InChI=1S/C9H16N2O2/c1-4-10-6-9-11-5-8(13-9)7(2)12-3/h5,7,10H,4,6H2,1-3H3. The number of aromatic nitrogens is 1. The molecule has 1 heterocycles. The molecular weight excluding hydrogens is 168 g/mol. The smallest absolute Gasteiger partial charge is 0.208 e. The minimum Gasteiger partial charge on any atom is -0.442 e. The van der Waals surface area contributed by atoms with Crippen molar-refractivity contribution in [2.75, 3.05) is 13.7 Å². The summed E-state index contributed by atoms with van der Waals surface area (Å²) in [5.74, 6) is 1.48. The predicted molar refractivity (Wildman–Crippen MR) is 49.3 cm³/mol. The summed E-state index contributed by atoms with van der Waals surface area (Å²) in [4.78, 5) is 4.11. The number of oxazole rings is 1. The van der Waals surface area contributed by atoms with Crippen LogP contribution in [0.15, 0.2) is 10.6 Å². The van der Waals surface area contributed by atoms with Crippen molar-refractivity contribution in [1.29, 1.82) is 0 Å². The van der Waals surface area contributed by atoms with Crippen LogP contribution >= 0.6 is 0 Å². The van der Waals surface area contributed by atoms with Crippen molar-refractivity contribution in [3.05, 3.63) is 17.8 Å². The van der Waals surface area contributed by atoms with Crippen molar-refractivity contribution in [3.8, 4) is 0 Å². The maximum Gasteiger partial charge on any atom is 0.208 e. The molecule has 0 aliphatic rings. The SMILES string of the molecule is CCNCc1ncc(C(C)OC)o1. The van der Waals surface area contributed by atoms with Gasteiger partial charge in [-0.05, 0) is 13.5 Å². The van der Waals surface area contributed by atoms with Crippen molar-refractivity contribution < 1.29 is 9.15 Å². The largest absolute Gasteiger partial charge is 0.442 e. The van der Waals surface area contributed by atoms with E-state index in [1.165, 1.54) is 0 Å². The van der Waals surface area contributed by atoms with Crippen LogP contribution in [0, 0.1) is 0 Å². The lowest BCUT2D eigenvalue weighted by molar-refractivity contribution is 0.0981.